The van der Waals surface area contributed by atoms with E-state index in [-0.39, 0.29) is 5.91 Å². The first kappa shape index (κ1) is 15.0. The summed E-state index contributed by atoms with van der Waals surface area (Å²) in [7, 11) is 0. The van der Waals surface area contributed by atoms with E-state index in [1.807, 2.05) is 50.2 Å². The van der Waals surface area contributed by atoms with Crippen molar-refractivity contribution >= 4 is 12.1 Å². The molecule has 0 aliphatic carbocycles. The first-order valence-corrected chi connectivity index (χ1v) is 7.10. The van der Waals surface area contributed by atoms with Gasteiger partial charge in [-0.05, 0) is 55.5 Å². The first-order chi connectivity index (χ1) is 10.2. The van der Waals surface area contributed by atoms with Gasteiger partial charge < -0.3 is 0 Å². The monoisotopic (exact) mass is 280 g/mol. The fourth-order valence-electron chi connectivity index (χ4n) is 1.99. The van der Waals surface area contributed by atoms with Gasteiger partial charge in [-0.25, -0.2) is 5.43 Å². The lowest BCUT2D eigenvalue weighted by Crippen LogP contribution is -2.17. The Morgan fingerprint density at radius 3 is 2.57 bits per heavy atom. The fourth-order valence-corrected chi connectivity index (χ4v) is 1.99. The van der Waals surface area contributed by atoms with Gasteiger partial charge in [0.2, 0.25) is 0 Å². The Morgan fingerprint density at radius 2 is 1.86 bits per heavy atom. The molecule has 0 aromatic heterocycles. The Morgan fingerprint density at radius 1 is 1.10 bits per heavy atom. The van der Waals surface area contributed by atoms with E-state index < -0.39 is 0 Å². The number of benzene rings is 2. The molecule has 0 aliphatic rings. The number of nitrogens with one attached hydrogen (secondary N) is 1. The fraction of sp³-hybridized carbons (Fsp3) is 0.222. The summed E-state index contributed by atoms with van der Waals surface area (Å²) in [4.78, 5) is 11.9. The van der Waals surface area contributed by atoms with Crippen LogP contribution in [0.15, 0.2) is 53.6 Å². The molecule has 0 fully saturated rings. The van der Waals surface area contributed by atoms with Gasteiger partial charge in [0.1, 0.15) is 0 Å². The Labute approximate surface area is 125 Å². The number of hydrogen-bond donors (Lipinski definition) is 1. The molecule has 21 heavy (non-hydrogen) atoms. The smallest absolute Gasteiger partial charge is 0.267 e. The highest BCUT2D eigenvalue weighted by Crippen LogP contribution is 2.09. The van der Waals surface area contributed by atoms with Crippen LogP contribution in [0.1, 0.15) is 33.5 Å². The summed E-state index contributed by atoms with van der Waals surface area (Å²) in [5.74, 6) is -0.172. The maximum absolute atomic E-state index is 11.9. The largest absolute Gasteiger partial charge is 0.271 e. The van der Waals surface area contributed by atoms with Gasteiger partial charge in [-0.3, -0.25) is 4.79 Å². The van der Waals surface area contributed by atoms with Crippen molar-refractivity contribution in [2.75, 3.05) is 0 Å². The molecule has 0 heterocycles. The van der Waals surface area contributed by atoms with E-state index in [1.54, 1.807) is 6.21 Å². The van der Waals surface area contributed by atoms with Crippen LogP contribution in [0.3, 0.4) is 0 Å². The number of aryl methyl sites for hydroxylation is 3. The molecule has 1 N–H and O–H groups in total. The van der Waals surface area contributed by atoms with Crippen LogP contribution in [0.25, 0.3) is 0 Å². The number of nitrogens with zero attached hydrogens (tertiary/aromatic N) is 1. The van der Waals surface area contributed by atoms with Gasteiger partial charge in [0.15, 0.2) is 0 Å². The average molecular weight is 280 g/mol. The van der Waals surface area contributed by atoms with Crippen molar-refractivity contribution in [3.05, 3.63) is 70.8 Å². The second-order valence-corrected chi connectivity index (χ2v) is 5.08. The summed E-state index contributed by atoms with van der Waals surface area (Å²) in [6.45, 7) is 4.02. The molecule has 1 amide bonds. The van der Waals surface area contributed by atoms with Gasteiger partial charge in [0.25, 0.3) is 5.91 Å². The van der Waals surface area contributed by atoms with E-state index in [2.05, 4.69) is 22.7 Å². The Hall–Kier alpha value is -2.42. The summed E-state index contributed by atoms with van der Waals surface area (Å²) in [6.07, 6.45) is 3.47. The van der Waals surface area contributed by atoms with Crippen LogP contribution in [0.4, 0.5) is 0 Å². The maximum atomic E-state index is 11.9. The summed E-state index contributed by atoms with van der Waals surface area (Å²) >= 11 is 0. The molecule has 2 aromatic rings. The lowest BCUT2D eigenvalue weighted by Gasteiger charge is -2.03. The van der Waals surface area contributed by atoms with Crippen LogP contribution in [0.2, 0.25) is 0 Å². The topological polar surface area (TPSA) is 41.5 Å². The molecule has 2 aromatic carbocycles. The average Bonchev–Trinajstić information content (AvgIpc) is 2.50. The Balaban J connectivity index is 1.80. The number of rotatable bonds is 5. The second-order valence-electron chi connectivity index (χ2n) is 5.08. The Kier molecular flexibility index (Phi) is 5.27. The molecule has 108 valence electrons. The molecule has 0 radical (unpaired) electrons. The molecular formula is C18H20N2O. The van der Waals surface area contributed by atoms with Crippen LogP contribution in [-0.2, 0) is 6.42 Å². The Bertz CT molecular complexity index is 633. The third-order valence-corrected chi connectivity index (χ3v) is 3.43. The van der Waals surface area contributed by atoms with Crippen LogP contribution >= 0.6 is 0 Å². The zero-order valence-corrected chi connectivity index (χ0v) is 12.5. The summed E-state index contributed by atoms with van der Waals surface area (Å²) in [5.41, 5.74) is 6.75. The predicted molar refractivity (Wildman–Crippen MR) is 86.6 cm³/mol. The minimum atomic E-state index is -0.172. The van der Waals surface area contributed by atoms with Crippen molar-refractivity contribution in [3.8, 4) is 0 Å². The molecule has 3 heteroatoms. The van der Waals surface area contributed by atoms with Gasteiger partial charge in [0, 0.05) is 11.8 Å². The van der Waals surface area contributed by atoms with Crippen molar-refractivity contribution in [1.82, 2.24) is 5.43 Å². The van der Waals surface area contributed by atoms with Gasteiger partial charge in [-0.2, -0.15) is 5.10 Å². The van der Waals surface area contributed by atoms with Gasteiger partial charge in [-0.1, -0.05) is 36.4 Å². The summed E-state index contributed by atoms with van der Waals surface area (Å²) < 4.78 is 0. The highest BCUT2D eigenvalue weighted by atomic mass is 16.2. The molecule has 0 saturated carbocycles. The summed E-state index contributed by atoms with van der Waals surface area (Å²) in [5, 5.41) is 3.99. The lowest BCUT2D eigenvalue weighted by atomic mass is 10.1. The maximum Gasteiger partial charge on any atom is 0.271 e. The number of amides is 1. The molecule has 0 saturated heterocycles. The molecule has 2 rings (SSSR count). The zero-order chi connectivity index (χ0) is 15.1. The van der Waals surface area contributed by atoms with Crippen molar-refractivity contribution in [3.63, 3.8) is 0 Å². The molecule has 0 atom stereocenters. The third-order valence-electron chi connectivity index (χ3n) is 3.43. The second kappa shape index (κ2) is 7.39. The number of carbonyl (C=O) groups excluding carboxylic acids is 1. The zero-order valence-electron chi connectivity index (χ0n) is 12.5. The minimum Gasteiger partial charge on any atom is -0.267 e. The van der Waals surface area contributed by atoms with Crippen LogP contribution in [0, 0.1) is 13.8 Å². The summed E-state index contributed by atoms with van der Waals surface area (Å²) in [6, 6.07) is 15.9. The molecule has 3 nitrogen and oxygen atoms in total. The first-order valence-electron chi connectivity index (χ1n) is 7.10. The van der Waals surface area contributed by atoms with Crippen LogP contribution in [-0.4, -0.2) is 12.1 Å². The van der Waals surface area contributed by atoms with Crippen molar-refractivity contribution in [2.24, 2.45) is 5.10 Å². The lowest BCUT2D eigenvalue weighted by molar-refractivity contribution is 0.0955. The van der Waals surface area contributed by atoms with Gasteiger partial charge in [-0.15, -0.1) is 0 Å². The number of hydrogen-bond acceptors (Lipinski definition) is 2. The molecule has 0 bridgehead atoms. The van der Waals surface area contributed by atoms with Crippen molar-refractivity contribution < 1.29 is 4.79 Å². The predicted octanol–water partition coefficient (Wildman–Crippen LogP) is 3.65. The van der Waals surface area contributed by atoms with E-state index in [0.29, 0.717) is 5.56 Å². The highest BCUT2D eigenvalue weighted by Gasteiger charge is 2.04. The highest BCUT2D eigenvalue weighted by molar-refractivity contribution is 5.94. The van der Waals surface area contributed by atoms with E-state index in [4.69, 9.17) is 0 Å². The quantitative estimate of drug-likeness (QED) is 0.659. The number of hydrazone groups is 1. The van der Waals surface area contributed by atoms with E-state index >= 15 is 0 Å². The van der Waals surface area contributed by atoms with Crippen molar-refractivity contribution in [2.45, 2.75) is 26.7 Å². The van der Waals surface area contributed by atoms with E-state index in [9.17, 15) is 4.79 Å². The van der Waals surface area contributed by atoms with E-state index in [0.717, 1.165) is 18.4 Å². The van der Waals surface area contributed by atoms with Crippen LogP contribution < -0.4 is 5.43 Å². The van der Waals surface area contributed by atoms with Gasteiger partial charge in [0.05, 0.1) is 0 Å². The number of carbonyl (C=O) groups is 1. The van der Waals surface area contributed by atoms with Crippen LogP contribution in [0.5, 0.6) is 0 Å². The molecule has 0 unspecified atom stereocenters. The van der Waals surface area contributed by atoms with Gasteiger partial charge >= 0.3 is 0 Å². The minimum absolute atomic E-state index is 0.172. The third kappa shape index (κ3) is 4.56. The van der Waals surface area contributed by atoms with Crippen molar-refractivity contribution in [1.29, 1.82) is 0 Å². The standard InChI is InChI=1S/C18H20N2O/c1-14-10-11-17(13-15(14)2)18(21)20-19-12-6-9-16-7-4-3-5-8-16/h3-5,7-8,10-13H,6,9H2,1-2H3,(H,20,21). The molecule has 0 spiro atoms. The molecular weight excluding hydrogens is 260 g/mol. The SMILES string of the molecule is Cc1ccc(C(=O)NN=CCCc2ccccc2)cc1C. The normalized spacial score (nSPS) is 10.8. The molecule has 0 aliphatic heterocycles. The van der Waals surface area contributed by atoms with E-state index in [1.165, 1.54) is 11.1 Å².